The zero-order chi connectivity index (χ0) is 13.4. The Morgan fingerprint density at radius 3 is 2.11 bits per heavy atom. The van der Waals surface area contributed by atoms with Gasteiger partial charge in [-0.15, -0.1) is 0 Å². The van der Waals surface area contributed by atoms with Crippen molar-refractivity contribution in [3.05, 3.63) is 11.8 Å². The topological polar surface area (TPSA) is 9.23 Å². The monoisotopic (exact) mass is 268 g/mol. The van der Waals surface area contributed by atoms with E-state index < -0.39 is 8.32 Å². The van der Waals surface area contributed by atoms with E-state index in [1.54, 1.807) is 0 Å². The van der Waals surface area contributed by atoms with Crippen LogP contribution in [0.4, 0.5) is 0 Å². The van der Waals surface area contributed by atoms with Crippen molar-refractivity contribution < 1.29 is 4.43 Å². The van der Waals surface area contributed by atoms with E-state index in [1.165, 1.54) is 62.4 Å². The van der Waals surface area contributed by atoms with E-state index in [0.29, 0.717) is 0 Å². The molecule has 18 heavy (non-hydrogen) atoms. The lowest BCUT2D eigenvalue weighted by Crippen LogP contribution is -2.35. The van der Waals surface area contributed by atoms with E-state index >= 15 is 0 Å². The summed E-state index contributed by atoms with van der Waals surface area (Å²) in [7, 11) is -1.44. The number of allylic oxidation sites excluding steroid dienone is 2. The van der Waals surface area contributed by atoms with Gasteiger partial charge in [-0.1, -0.05) is 52.9 Å². The van der Waals surface area contributed by atoms with Gasteiger partial charge in [0.25, 0.3) is 0 Å². The zero-order valence-electron chi connectivity index (χ0n) is 12.9. The molecule has 106 valence electrons. The fourth-order valence-electron chi connectivity index (χ4n) is 3.11. The molecule has 2 heteroatoms. The first-order valence-corrected chi connectivity index (χ1v) is 10.5. The van der Waals surface area contributed by atoms with Gasteiger partial charge in [0.05, 0.1) is 5.76 Å². The minimum atomic E-state index is -1.44. The molecule has 0 radical (unpaired) electrons. The Labute approximate surface area is 115 Å². The lowest BCUT2D eigenvalue weighted by molar-refractivity contribution is 0.352. The van der Waals surface area contributed by atoms with Gasteiger partial charge < -0.3 is 4.43 Å². The molecule has 1 aliphatic rings. The van der Waals surface area contributed by atoms with Crippen molar-refractivity contribution in [2.75, 3.05) is 0 Å². The van der Waals surface area contributed by atoms with E-state index in [0.717, 1.165) is 5.92 Å². The third kappa shape index (κ3) is 4.79. The first kappa shape index (κ1) is 15.8. The van der Waals surface area contributed by atoms with Gasteiger partial charge in [0, 0.05) is 0 Å². The second-order valence-corrected chi connectivity index (χ2v) is 10.6. The molecule has 0 atom stereocenters. The molecular formula is C16H32OSi. The highest BCUT2D eigenvalue weighted by molar-refractivity contribution is 6.73. The molecule has 0 aliphatic heterocycles. The smallest absolute Gasteiger partial charge is 0.250 e. The maximum atomic E-state index is 6.38. The standard InChI is InChI=1S/C16H32OSi/c1-5-18(6-2,7-3)17-15(4)13-14-16-11-9-8-10-12-16/h13,16H,5-12,14H2,1-4H3/b15-13+. The summed E-state index contributed by atoms with van der Waals surface area (Å²) >= 11 is 0. The molecule has 0 aromatic rings. The number of hydrogen-bond acceptors (Lipinski definition) is 1. The van der Waals surface area contributed by atoms with Crippen LogP contribution in [0, 0.1) is 5.92 Å². The van der Waals surface area contributed by atoms with Gasteiger partial charge in [0.2, 0.25) is 8.32 Å². The van der Waals surface area contributed by atoms with E-state index in [4.69, 9.17) is 4.43 Å². The minimum Gasteiger partial charge on any atom is -0.547 e. The van der Waals surface area contributed by atoms with Crippen molar-refractivity contribution in [3.8, 4) is 0 Å². The minimum absolute atomic E-state index is 0.929. The summed E-state index contributed by atoms with van der Waals surface area (Å²) in [5.74, 6) is 2.14. The molecule has 1 saturated carbocycles. The van der Waals surface area contributed by atoms with Crippen LogP contribution in [-0.4, -0.2) is 8.32 Å². The second-order valence-electron chi connectivity index (χ2n) is 5.90. The van der Waals surface area contributed by atoms with Gasteiger partial charge in [-0.3, -0.25) is 0 Å². The molecule has 0 aromatic carbocycles. The van der Waals surface area contributed by atoms with Crippen molar-refractivity contribution >= 4 is 8.32 Å². The first-order valence-electron chi connectivity index (χ1n) is 8.01. The van der Waals surface area contributed by atoms with Gasteiger partial charge in [-0.05, 0) is 43.5 Å². The third-order valence-corrected chi connectivity index (χ3v) is 9.39. The van der Waals surface area contributed by atoms with Gasteiger partial charge in [-0.2, -0.15) is 0 Å². The maximum Gasteiger partial charge on any atom is 0.250 e. The van der Waals surface area contributed by atoms with Crippen LogP contribution in [0.5, 0.6) is 0 Å². The van der Waals surface area contributed by atoms with Crippen molar-refractivity contribution in [2.24, 2.45) is 5.92 Å². The van der Waals surface area contributed by atoms with Crippen molar-refractivity contribution in [1.82, 2.24) is 0 Å². The predicted molar refractivity (Wildman–Crippen MR) is 83.2 cm³/mol. The molecule has 1 rings (SSSR count). The van der Waals surface area contributed by atoms with Crippen molar-refractivity contribution in [3.63, 3.8) is 0 Å². The SMILES string of the molecule is CC[Si](CC)(CC)O/C(C)=C/CC1CCCCC1. The molecule has 0 amide bonds. The van der Waals surface area contributed by atoms with Gasteiger partial charge >= 0.3 is 0 Å². The van der Waals surface area contributed by atoms with Gasteiger partial charge in [0.15, 0.2) is 0 Å². The molecule has 0 aromatic heterocycles. The quantitative estimate of drug-likeness (QED) is 0.413. The van der Waals surface area contributed by atoms with E-state index in [9.17, 15) is 0 Å². The average molecular weight is 269 g/mol. The normalized spacial score (nSPS) is 19.0. The average Bonchev–Trinajstić information content (AvgIpc) is 2.44. The number of rotatable bonds is 7. The largest absolute Gasteiger partial charge is 0.547 e. The molecule has 1 aliphatic carbocycles. The molecule has 0 N–H and O–H groups in total. The van der Waals surface area contributed by atoms with E-state index in [2.05, 4.69) is 33.8 Å². The second kappa shape index (κ2) is 8.03. The van der Waals surface area contributed by atoms with E-state index in [1.807, 2.05) is 0 Å². The predicted octanol–water partition coefficient (Wildman–Crippen LogP) is 5.88. The Morgan fingerprint density at radius 1 is 1.06 bits per heavy atom. The Bertz CT molecular complexity index is 242. The molecule has 0 unspecified atom stereocenters. The zero-order valence-corrected chi connectivity index (χ0v) is 13.9. The van der Waals surface area contributed by atoms with Crippen LogP contribution in [0.2, 0.25) is 18.1 Å². The van der Waals surface area contributed by atoms with Crippen molar-refractivity contribution in [1.29, 1.82) is 0 Å². The molecule has 0 spiro atoms. The van der Waals surface area contributed by atoms with Crippen LogP contribution in [0.3, 0.4) is 0 Å². The lowest BCUT2D eigenvalue weighted by atomic mass is 9.87. The summed E-state index contributed by atoms with van der Waals surface area (Å²) in [6.07, 6.45) is 10.8. The van der Waals surface area contributed by atoms with Crippen LogP contribution in [0.25, 0.3) is 0 Å². The van der Waals surface area contributed by atoms with Crippen LogP contribution in [0.1, 0.15) is 66.2 Å². The van der Waals surface area contributed by atoms with Gasteiger partial charge in [0.1, 0.15) is 0 Å². The highest BCUT2D eigenvalue weighted by atomic mass is 28.4. The molecule has 0 heterocycles. The third-order valence-electron chi connectivity index (χ3n) is 4.77. The van der Waals surface area contributed by atoms with Crippen LogP contribution in [-0.2, 0) is 4.43 Å². The lowest BCUT2D eigenvalue weighted by Gasteiger charge is -2.29. The van der Waals surface area contributed by atoms with Crippen molar-refractivity contribution in [2.45, 2.75) is 84.4 Å². The molecular weight excluding hydrogens is 236 g/mol. The fraction of sp³-hybridized carbons (Fsp3) is 0.875. The molecule has 1 fully saturated rings. The Kier molecular flexibility index (Phi) is 7.06. The summed E-state index contributed by atoms with van der Waals surface area (Å²) in [6, 6.07) is 3.73. The van der Waals surface area contributed by atoms with Gasteiger partial charge in [-0.25, -0.2) is 0 Å². The summed E-state index contributed by atoms with van der Waals surface area (Å²) < 4.78 is 6.38. The van der Waals surface area contributed by atoms with Crippen LogP contribution < -0.4 is 0 Å². The molecule has 0 saturated heterocycles. The van der Waals surface area contributed by atoms with E-state index in [-0.39, 0.29) is 0 Å². The number of hydrogen-bond donors (Lipinski definition) is 0. The first-order chi connectivity index (χ1) is 8.65. The Balaban J connectivity index is 2.44. The molecule has 1 nitrogen and oxygen atoms in total. The molecule has 0 bridgehead atoms. The Morgan fingerprint density at radius 2 is 1.61 bits per heavy atom. The fourth-order valence-corrected chi connectivity index (χ4v) is 5.80. The highest BCUT2D eigenvalue weighted by Gasteiger charge is 2.30. The summed E-state index contributed by atoms with van der Waals surface area (Å²) in [5, 5.41) is 0. The summed E-state index contributed by atoms with van der Waals surface area (Å²) in [5.41, 5.74) is 0. The Hall–Kier alpha value is -0.243. The van der Waals surface area contributed by atoms with Crippen LogP contribution in [0.15, 0.2) is 11.8 Å². The summed E-state index contributed by atoms with van der Waals surface area (Å²) in [4.78, 5) is 0. The summed E-state index contributed by atoms with van der Waals surface area (Å²) in [6.45, 7) is 9.07. The van der Waals surface area contributed by atoms with Crippen LogP contribution >= 0.6 is 0 Å². The highest BCUT2D eigenvalue weighted by Crippen LogP contribution is 2.28. The maximum absolute atomic E-state index is 6.38.